The van der Waals surface area contributed by atoms with E-state index in [-0.39, 0.29) is 11.8 Å². The molecule has 0 radical (unpaired) electrons. The zero-order chi connectivity index (χ0) is 16.6. The molecular weight excluding hydrogens is 299 g/mol. The Balaban J connectivity index is 1.93. The first-order chi connectivity index (χ1) is 11.0. The van der Waals surface area contributed by atoms with E-state index in [4.69, 9.17) is 0 Å². The van der Waals surface area contributed by atoms with Crippen LogP contribution in [0.1, 0.15) is 17.3 Å². The SMILES string of the molecule is C[C@@H]1C(=O)N(C)CCN1C(=O)c1cn[nH]c1-c1cccc(F)c1. The number of halogens is 1. The second kappa shape index (κ2) is 5.83. The van der Waals surface area contributed by atoms with E-state index in [9.17, 15) is 14.0 Å². The topological polar surface area (TPSA) is 69.3 Å². The molecule has 23 heavy (non-hydrogen) atoms. The number of likely N-dealkylation sites (N-methyl/N-ethyl adjacent to an activating group) is 1. The fraction of sp³-hybridized carbons (Fsp3) is 0.312. The van der Waals surface area contributed by atoms with Gasteiger partial charge in [-0.05, 0) is 19.1 Å². The van der Waals surface area contributed by atoms with Crippen molar-refractivity contribution in [2.45, 2.75) is 13.0 Å². The number of rotatable bonds is 2. The van der Waals surface area contributed by atoms with Gasteiger partial charge in [0.05, 0.1) is 17.5 Å². The number of hydrogen-bond acceptors (Lipinski definition) is 3. The van der Waals surface area contributed by atoms with Crippen molar-refractivity contribution in [1.82, 2.24) is 20.0 Å². The molecule has 2 heterocycles. The Labute approximate surface area is 132 Å². The molecule has 7 heteroatoms. The van der Waals surface area contributed by atoms with Gasteiger partial charge >= 0.3 is 0 Å². The summed E-state index contributed by atoms with van der Waals surface area (Å²) in [5.41, 5.74) is 1.33. The fourth-order valence-electron chi connectivity index (χ4n) is 2.76. The van der Waals surface area contributed by atoms with Crippen LogP contribution in [-0.2, 0) is 4.79 Å². The van der Waals surface area contributed by atoms with Crippen molar-refractivity contribution in [2.75, 3.05) is 20.1 Å². The van der Waals surface area contributed by atoms with Gasteiger partial charge in [-0.2, -0.15) is 5.10 Å². The maximum Gasteiger partial charge on any atom is 0.258 e. The van der Waals surface area contributed by atoms with Gasteiger partial charge in [0, 0.05) is 25.7 Å². The number of piperazine rings is 1. The number of aromatic nitrogens is 2. The van der Waals surface area contributed by atoms with Gasteiger partial charge in [0.15, 0.2) is 0 Å². The second-order valence-electron chi connectivity index (χ2n) is 5.60. The van der Waals surface area contributed by atoms with Crippen LogP contribution in [0.25, 0.3) is 11.3 Å². The van der Waals surface area contributed by atoms with Crippen LogP contribution in [0.3, 0.4) is 0 Å². The number of aromatic amines is 1. The third-order valence-electron chi connectivity index (χ3n) is 4.12. The summed E-state index contributed by atoms with van der Waals surface area (Å²) >= 11 is 0. The fourth-order valence-corrected chi connectivity index (χ4v) is 2.76. The lowest BCUT2D eigenvalue weighted by atomic mass is 10.1. The molecule has 1 fully saturated rings. The molecule has 2 amide bonds. The quantitative estimate of drug-likeness (QED) is 0.913. The Hall–Kier alpha value is -2.70. The number of carbonyl (C=O) groups is 2. The molecule has 0 spiro atoms. The van der Waals surface area contributed by atoms with Crippen molar-refractivity contribution in [2.24, 2.45) is 0 Å². The summed E-state index contributed by atoms with van der Waals surface area (Å²) in [6.07, 6.45) is 1.41. The smallest absolute Gasteiger partial charge is 0.258 e. The van der Waals surface area contributed by atoms with Crippen LogP contribution in [0.2, 0.25) is 0 Å². The predicted molar refractivity (Wildman–Crippen MR) is 82.1 cm³/mol. The molecule has 1 aromatic heterocycles. The molecular formula is C16H17FN4O2. The minimum Gasteiger partial charge on any atom is -0.342 e. The minimum atomic E-state index is -0.531. The van der Waals surface area contributed by atoms with Gasteiger partial charge in [0.2, 0.25) is 5.91 Å². The minimum absolute atomic E-state index is 0.0969. The van der Waals surface area contributed by atoms with E-state index in [1.165, 1.54) is 23.2 Å². The highest BCUT2D eigenvalue weighted by Crippen LogP contribution is 2.24. The number of nitrogens with one attached hydrogen (secondary N) is 1. The Morgan fingerprint density at radius 2 is 2.17 bits per heavy atom. The number of carbonyl (C=O) groups excluding carboxylic acids is 2. The molecule has 0 bridgehead atoms. The largest absolute Gasteiger partial charge is 0.342 e. The van der Waals surface area contributed by atoms with Crippen LogP contribution in [0, 0.1) is 5.82 Å². The van der Waals surface area contributed by atoms with Gasteiger partial charge in [0.1, 0.15) is 11.9 Å². The molecule has 0 aliphatic carbocycles. The molecule has 1 aromatic carbocycles. The lowest BCUT2D eigenvalue weighted by Gasteiger charge is -2.37. The first-order valence-electron chi connectivity index (χ1n) is 7.34. The summed E-state index contributed by atoms with van der Waals surface area (Å²) in [5, 5.41) is 6.66. The molecule has 1 N–H and O–H groups in total. The summed E-state index contributed by atoms with van der Waals surface area (Å²) in [6, 6.07) is 5.41. The van der Waals surface area contributed by atoms with Crippen molar-refractivity contribution < 1.29 is 14.0 Å². The highest BCUT2D eigenvalue weighted by Gasteiger charge is 2.34. The molecule has 120 valence electrons. The lowest BCUT2D eigenvalue weighted by molar-refractivity contribution is -0.137. The van der Waals surface area contributed by atoms with Gasteiger partial charge < -0.3 is 9.80 Å². The Morgan fingerprint density at radius 3 is 2.91 bits per heavy atom. The van der Waals surface area contributed by atoms with Gasteiger partial charge in [-0.15, -0.1) is 0 Å². The van der Waals surface area contributed by atoms with Gasteiger partial charge in [-0.25, -0.2) is 4.39 Å². The summed E-state index contributed by atoms with van der Waals surface area (Å²) in [7, 11) is 1.72. The molecule has 1 atom stereocenters. The second-order valence-corrected chi connectivity index (χ2v) is 5.60. The summed E-state index contributed by atoms with van der Waals surface area (Å²) in [5.74, 6) is -0.772. The summed E-state index contributed by atoms with van der Waals surface area (Å²) in [4.78, 5) is 28.0. The maximum atomic E-state index is 13.4. The third kappa shape index (κ3) is 2.69. The number of benzene rings is 1. The van der Waals surface area contributed by atoms with Crippen molar-refractivity contribution in [1.29, 1.82) is 0 Å². The van der Waals surface area contributed by atoms with E-state index >= 15 is 0 Å². The molecule has 1 aliphatic heterocycles. The van der Waals surface area contributed by atoms with Crippen molar-refractivity contribution in [3.05, 3.63) is 41.8 Å². The van der Waals surface area contributed by atoms with Crippen molar-refractivity contribution >= 4 is 11.8 Å². The number of hydrogen-bond donors (Lipinski definition) is 1. The molecule has 6 nitrogen and oxygen atoms in total. The van der Waals surface area contributed by atoms with Gasteiger partial charge in [-0.1, -0.05) is 12.1 Å². The van der Waals surface area contributed by atoms with E-state index in [0.29, 0.717) is 29.9 Å². The van der Waals surface area contributed by atoms with Crippen LogP contribution in [0.4, 0.5) is 4.39 Å². The first kappa shape index (κ1) is 15.2. The monoisotopic (exact) mass is 316 g/mol. The predicted octanol–water partition coefficient (Wildman–Crippen LogP) is 1.52. The Morgan fingerprint density at radius 1 is 1.39 bits per heavy atom. The zero-order valence-corrected chi connectivity index (χ0v) is 12.9. The molecule has 0 saturated carbocycles. The van der Waals surface area contributed by atoms with Crippen LogP contribution in [0.5, 0.6) is 0 Å². The maximum absolute atomic E-state index is 13.4. The first-order valence-corrected chi connectivity index (χ1v) is 7.34. The number of H-pyrrole nitrogens is 1. The van der Waals surface area contributed by atoms with Crippen LogP contribution in [0.15, 0.2) is 30.5 Å². The highest BCUT2D eigenvalue weighted by molar-refractivity contribution is 6.02. The molecule has 3 rings (SSSR count). The number of amides is 2. The standard InChI is InChI=1S/C16H17FN4O2/c1-10-15(22)20(2)6-7-21(10)16(23)13-9-18-19-14(13)11-4-3-5-12(17)8-11/h3-5,8-10H,6-7H2,1-2H3,(H,18,19)/t10-/m1/s1. The Bertz CT molecular complexity index is 758. The van der Waals surface area contributed by atoms with E-state index in [1.54, 1.807) is 31.0 Å². The lowest BCUT2D eigenvalue weighted by Crippen LogP contribution is -2.56. The molecule has 2 aromatic rings. The van der Waals surface area contributed by atoms with E-state index in [0.717, 1.165) is 0 Å². The zero-order valence-electron chi connectivity index (χ0n) is 12.9. The van der Waals surface area contributed by atoms with Crippen molar-refractivity contribution in [3.63, 3.8) is 0 Å². The Kier molecular flexibility index (Phi) is 3.85. The van der Waals surface area contributed by atoms with Gasteiger partial charge in [0.25, 0.3) is 5.91 Å². The number of nitrogens with zero attached hydrogens (tertiary/aromatic N) is 3. The molecule has 0 unspecified atom stereocenters. The van der Waals surface area contributed by atoms with Crippen LogP contribution < -0.4 is 0 Å². The summed E-state index contributed by atoms with van der Waals surface area (Å²) in [6.45, 7) is 2.65. The average molecular weight is 316 g/mol. The van der Waals surface area contributed by atoms with Gasteiger partial charge in [-0.3, -0.25) is 14.7 Å². The van der Waals surface area contributed by atoms with Crippen molar-refractivity contribution in [3.8, 4) is 11.3 Å². The van der Waals surface area contributed by atoms with Crippen LogP contribution in [-0.4, -0.2) is 58.0 Å². The molecule has 1 saturated heterocycles. The van der Waals surface area contributed by atoms with E-state index in [2.05, 4.69) is 10.2 Å². The summed E-state index contributed by atoms with van der Waals surface area (Å²) < 4.78 is 13.4. The molecule has 1 aliphatic rings. The van der Waals surface area contributed by atoms with Crippen LogP contribution >= 0.6 is 0 Å². The van der Waals surface area contributed by atoms with E-state index < -0.39 is 11.9 Å². The average Bonchev–Trinajstić information content (AvgIpc) is 3.02. The third-order valence-corrected chi connectivity index (χ3v) is 4.12. The normalized spacial score (nSPS) is 18.4. The van der Waals surface area contributed by atoms with E-state index in [1.807, 2.05) is 0 Å². The highest BCUT2D eigenvalue weighted by atomic mass is 19.1.